The Kier molecular flexibility index (Phi) is 6.63. The van der Waals surface area contributed by atoms with Crippen molar-refractivity contribution in [3.05, 3.63) is 0 Å². The molecule has 1 fully saturated rings. The second kappa shape index (κ2) is 7.75. The molecule has 1 unspecified atom stereocenters. The molecule has 2 amide bonds. The van der Waals surface area contributed by atoms with E-state index in [1.807, 2.05) is 0 Å². The number of imide groups is 1. The minimum Gasteiger partial charge on any atom is -0.282 e. The molecule has 0 bridgehead atoms. The summed E-state index contributed by atoms with van der Waals surface area (Å²) in [4.78, 5) is 25.1. The number of rotatable bonds is 8. The molecule has 98 valence electrons. The number of carbonyl (C=O) groups is 2. The minimum atomic E-state index is -0.101. The molecule has 0 saturated carbocycles. The van der Waals surface area contributed by atoms with E-state index in [2.05, 4.69) is 13.8 Å². The van der Waals surface area contributed by atoms with Crippen LogP contribution in [0.25, 0.3) is 0 Å². The van der Waals surface area contributed by atoms with Crippen molar-refractivity contribution in [3.8, 4) is 0 Å². The van der Waals surface area contributed by atoms with E-state index in [9.17, 15) is 9.59 Å². The maximum atomic E-state index is 12.0. The van der Waals surface area contributed by atoms with E-state index in [4.69, 9.17) is 0 Å². The standard InChI is InChI=1S/C13H23NO2S/c1-3-5-7-9-17-11-10-12(15)14(13(11)16)8-6-4-2/h11H,3-10H2,1-2H3. The van der Waals surface area contributed by atoms with Crippen molar-refractivity contribution in [2.45, 2.75) is 57.6 Å². The number of nitrogens with zero attached hydrogens (tertiary/aromatic N) is 1. The fourth-order valence-electron chi connectivity index (χ4n) is 1.91. The van der Waals surface area contributed by atoms with E-state index >= 15 is 0 Å². The molecule has 3 nitrogen and oxygen atoms in total. The summed E-state index contributed by atoms with van der Waals surface area (Å²) in [6, 6.07) is 0. The van der Waals surface area contributed by atoms with E-state index in [1.165, 1.54) is 17.7 Å². The van der Waals surface area contributed by atoms with Crippen LogP contribution in [0.4, 0.5) is 0 Å². The average molecular weight is 257 g/mol. The van der Waals surface area contributed by atoms with Gasteiger partial charge in [0.25, 0.3) is 0 Å². The normalized spacial score (nSPS) is 20.4. The van der Waals surface area contributed by atoms with Crippen LogP contribution >= 0.6 is 11.8 Å². The van der Waals surface area contributed by atoms with Gasteiger partial charge < -0.3 is 0 Å². The number of carbonyl (C=O) groups excluding carboxylic acids is 2. The first-order valence-corrected chi connectivity index (χ1v) is 7.71. The molecule has 0 radical (unpaired) electrons. The minimum absolute atomic E-state index is 0.0245. The number of hydrogen-bond donors (Lipinski definition) is 0. The Morgan fingerprint density at radius 3 is 2.53 bits per heavy atom. The van der Waals surface area contributed by atoms with Crippen LogP contribution in [0.5, 0.6) is 0 Å². The summed E-state index contributed by atoms with van der Waals surface area (Å²) in [7, 11) is 0. The highest BCUT2D eigenvalue weighted by Crippen LogP contribution is 2.26. The van der Waals surface area contributed by atoms with Gasteiger partial charge in [-0.3, -0.25) is 14.5 Å². The number of thioether (sulfide) groups is 1. The Morgan fingerprint density at radius 1 is 1.18 bits per heavy atom. The lowest BCUT2D eigenvalue weighted by atomic mass is 10.3. The zero-order valence-electron chi connectivity index (χ0n) is 10.9. The Hall–Kier alpha value is -0.510. The number of likely N-dealkylation sites (tertiary alicyclic amines) is 1. The van der Waals surface area contributed by atoms with Crippen LogP contribution in [0.1, 0.15) is 52.4 Å². The van der Waals surface area contributed by atoms with Crippen molar-refractivity contribution < 1.29 is 9.59 Å². The van der Waals surface area contributed by atoms with Gasteiger partial charge in [0, 0.05) is 13.0 Å². The Balaban J connectivity index is 2.33. The van der Waals surface area contributed by atoms with Gasteiger partial charge in [-0.25, -0.2) is 0 Å². The largest absolute Gasteiger partial charge is 0.282 e. The highest BCUT2D eigenvalue weighted by Gasteiger charge is 2.37. The van der Waals surface area contributed by atoms with Gasteiger partial charge in [-0.2, -0.15) is 0 Å². The molecular formula is C13H23NO2S. The molecule has 0 aromatic heterocycles. The van der Waals surface area contributed by atoms with E-state index in [-0.39, 0.29) is 17.1 Å². The molecular weight excluding hydrogens is 234 g/mol. The first-order chi connectivity index (χ1) is 8.20. The molecule has 0 spiro atoms. The van der Waals surface area contributed by atoms with Gasteiger partial charge in [0.2, 0.25) is 11.8 Å². The SMILES string of the molecule is CCCCCSC1CC(=O)N(CCCC)C1=O. The Bertz CT molecular complexity index is 268. The van der Waals surface area contributed by atoms with Crippen LogP contribution in [-0.4, -0.2) is 34.3 Å². The summed E-state index contributed by atoms with van der Waals surface area (Å²) in [5, 5.41) is -0.101. The molecule has 1 aliphatic heterocycles. The van der Waals surface area contributed by atoms with Crippen molar-refractivity contribution in [1.29, 1.82) is 0 Å². The van der Waals surface area contributed by atoms with Crippen LogP contribution in [0.15, 0.2) is 0 Å². The second-order valence-corrected chi connectivity index (χ2v) is 5.82. The maximum absolute atomic E-state index is 12.0. The van der Waals surface area contributed by atoms with Crippen molar-refractivity contribution in [3.63, 3.8) is 0 Å². The molecule has 4 heteroatoms. The second-order valence-electron chi connectivity index (χ2n) is 4.51. The lowest BCUT2D eigenvalue weighted by Gasteiger charge is -2.13. The monoisotopic (exact) mass is 257 g/mol. The molecule has 0 aromatic rings. The highest BCUT2D eigenvalue weighted by atomic mass is 32.2. The summed E-state index contributed by atoms with van der Waals surface area (Å²) in [6.07, 6.45) is 5.91. The van der Waals surface area contributed by atoms with E-state index < -0.39 is 0 Å². The van der Waals surface area contributed by atoms with Crippen molar-refractivity contribution in [2.75, 3.05) is 12.3 Å². The zero-order chi connectivity index (χ0) is 12.7. The first kappa shape index (κ1) is 14.6. The summed E-state index contributed by atoms with van der Waals surface area (Å²) in [6.45, 7) is 4.85. The fourth-order valence-corrected chi connectivity index (χ4v) is 3.10. The molecule has 17 heavy (non-hydrogen) atoms. The van der Waals surface area contributed by atoms with Crippen LogP contribution < -0.4 is 0 Å². The predicted molar refractivity (Wildman–Crippen MR) is 72.0 cm³/mol. The molecule has 1 saturated heterocycles. The number of hydrogen-bond acceptors (Lipinski definition) is 3. The zero-order valence-corrected chi connectivity index (χ0v) is 11.7. The number of unbranched alkanes of at least 4 members (excludes halogenated alkanes) is 3. The molecule has 0 aliphatic carbocycles. The van der Waals surface area contributed by atoms with Gasteiger partial charge in [-0.05, 0) is 18.6 Å². The van der Waals surface area contributed by atoms with Gasteiger partial charge in [-0.15, -0.1) is 11.8 Å². The smallest absolute Gasteiger partial charge is 0.242 e. The van der Waals surface area contributed by atoms with Crippen LogP contribution in [-0.2, 0) is 9.59 Å². The van der Waals surface area contributed by atoms with E-state index in [0.29, 0.717) is 13.0 Å². The molecule has 1 heterocycles. The van der Waals surface area contributed by atoms with Gasteiger partial charge in [0.05, 0.1) is 5.25 Å². The average Bonchev–Trinajstić information content (AvgIpc) is 2.58. The molecule has 1 rings (SSSR count). The summed E-state index contributed by atoms with van der Waals surface area (Å²) >= 11 is 1.66. The molecule has 0 aromatic carbocycles. The third-order valence-corrected chi connectivity index (χ3v) is 4.30. The van der Waals surface area contributed by atoms with Crippen molar-refractivity contribution >= 4 is 23.6 Å². The van der Waals surface area contributed by atoms with Gasteiger partial charge in [0.15, 0.2) is 0 Å². The third-order valence-electron chi connectivity index (χ3n) is 3.00. The van der Waals surface area contributed by atoms with Crippen LogP contribution in [0, 0.1) is 0 Å². The Labute approximate surface area is 108 Å². The fraction of sp³-hybridized carbons (Fsp3) is 0.846. The summed E-state index contributed by atoms with van der Waals surface area (Å²) in [5.41, 5.74) is 0. The van der Waals surface area contributed by atoms with Crippen LogP contribution in [0.3, 0.4) is 0 Å². The lowest BCUT2D eigenvalue weighted by Crippen LogP contribution is -2.32. The topological polar surface area (TPSA) is 37.4 Å². The maximum Gasteiger partial charge on any atom is 0.242 e. The third kappa shape index (κ3) is 4.34. The Morgan fingerprint density at radius 2 is 1.88 bits per heavy atom. The predicted octanol–water partition coefficient (Wildman–Crippen LogP) is 2.84. The molecule has 0 N–H and O–H groups in total. The molecule has 1 atom stereocenters. The summed E-state index contributed by atoms with van der Waals surface area (Å²) < 4.78 is 0. The van der Waals surface area contributed by atoms with Gasteiger partial charge in [-0.1, -0.05) is 33.1 Å². The van der Waals surface area contributed by atoms with E-state index in [1.54, 1.807) is 11.8 Å². The number of amides is 2. The van der Waals surface area contributed by atoms with Crippen LogP contribution in [0.2, 0.25) is 0 Å². The van der Waals surface area contributed by atoms with Crippen molar-refractivity contribution in [1.82, 2.24) is 4.90 Å². The summed E-state index contributed by atoms with van der Waals surface area (Å²) in [5.74, 6) is 1.07. The van der Waals surface area contributed by atoms with Gasteiger partial charge >= 0.3 is 0 Å². The van der Waals surface area contributed by atoms with Crippen molar-refractivity contribution in [2.24, 2.45) is 0 Å². The highest BCUT2D eigenvalue weighted by molar-refractivity contribution is 8.00. The van der Waals surface area contributed by atoms with E-state index in [0.717, 1.165) is 25.0 Å². The molecule has 1 aliphatic rings. The van der Waals surface area contributed by atoms with Gasteiger partial charge in [0.1, 0.15) is 0 Å². The lowest BCUT2D eigenvalue weighted by molar-refractivity contribution is -0.138. The quantitative estimate of drug-likeness (QED) is 0.495. The first-order valence-electron chi connectivity index (χ1n) is 6.66.